The summed E-state index contributed by atoms with van der Waals surface area (Å²) in [7, 11) is 0. The van der Waals surface area contributed by atoms with Crippen molar-refractivity contribution in [3.8, 4) is 0 Å². The van der Waals surface area contributed by atoms with Gasteiger partial charge in [-0.1, -0.05) is 0 Å². The minimum atomic E-state index is -0.0374. The van der Waals surface area contributed by atoms with Gasteiger partial charge in [0.25, 0.3) is 0 Å². The number of amides is 1. The number of nitrogens with zero attached hydrogens (tertiary/aromatic N) is 1. The lowest BCUT2D eigenvalue weighted by Gasteiger charge is -2.11. The Balaban J connectivity index is 0.00000128. The smallest absolute Gasteiger partial charge is 0.241 e. The fourth-order valence-corrected chi connectivity index (χ4v) is 1.74. The molecule has 96 valence electrons. The van der Waals surface area contributed by atoms with Crippen LogP contribution < -0.4 is 10.6 Å². The molecule has 17 heavy (non-hydrogen) atoms. The lowest BCUT2D eigenvalue weighted by Crippen LogP contribution is -2.35. The number of aryl methyl sites for hydroxylation is 1. The van der Waals surface area contributed by atoms with Crippen LogP contribution in [-0.2, 0) is 4.79 Å². The molecule has 2 N–H and O–H groups in total. The maximum Gasteiger partial charge on any atom is 0.241 e. The van der Waals surface area contributed by atoms with Crippen molar-refractivity contribution in [3.63, 3.8) is 0 Å². The van der Waals surface area contributed by atoms with Gasteiger partial charge in [-0.2, -0.15) is 0 Å². The number of carbonyl (C=O) groups excluding carboxylic acids is 1. The molecular weight excluding hydrogens is 261 g/mol. The van der Waals surface area contributed by atoms with Crippen molar-refractivity contribution in [1.82, 2.24) is 10.3 Å². The number of rotatable bonds is 2. The second-order valence-corrected chi connectivity index (χ2v) is 3.77. The summed E-state index contributed by atoms with van der Waals surface area (Å²) in [6.07, 6.45) is 3.72. The largest absolute Gasteiger partial charge is 0.323 e. The molecule has 0 aromatic carbocycles. The van der Waals surface area contributed by atoms with E-state index in [9.17, 15) is 4.79 Å². The summed E-state index contributed by atoms with van der Waals surface area (Å²) < 4.78 is 0. The summed E-state index contributed by atoms with van der Waals surface area (Å²) in [5.41, 5.74) is 1.65. The highest BCUT2D eigenvalue weighted by Crippen LogP contribution is 2.13. The first-order chi connectivity index (χ1) is 7.27. The number of aromatic nitrogens is 1. The Morgan fingerprint density at radius 3 is 2.88 bits per heavy atom. The van der Waals surface area contributed by atoms with E-state index in [0.717, 1.165) is 30.8 Å². The maximum absolute atomic E-state index is 11.8. The van der Waals surface area contributed by atoms with Gasteiger partial charge in [-0.05, 0) is 38.4 Å². The molecule has 1 amide bonds. The lowest BCUT2D eigenvalue weighted by molar-refractivity contribution is -0.117. The highest BCUT2D eigenvalue weighted by atomic mass is 35.5. The normalized spacial score (nSPS) is 17.8. The molecule has 0 saturated carbocycles. The van der Waals surface area contributed by atoms with Crippen LogP contribution >= 0.6 is 24.8 Å². The Hall–Kier alpha value is -0.840. The second kappa shape index (κ2) is 7.48. The number of hydrogen-bond acceptors (Lipinski definition) is 3. The SMILES string of the molecule is Cc1ncccc1NC(=O)C1CCCN1.Cl.Cl. The van der Waals surface area contributed by atoms with Crippen molar-refractivity contribution in [3.05, 3.63) is 24.0 Å². The van der Waals surface area contributed by atoms with Crippen molar-refractivity contribution in [2.75, 3.05) is 11.9 Å². The Labute approximate surface area is 113 Å². The van der Waals surface area contributed by atoms with Crippen LogP contribution in [0.3, 0.4) is 0 Å². The van der Waals surface area contributed by atoms with Crippen LogP contribution in [0.15, 0.2) is 18.3 Å². The van der Waals surface area contributed by atoms with Crippen molar-refractivity contribution in [2.45, 2.75) is 25.8 Å². The van der Waals surface area contributed by atoms with Crippen LogP contribution in [0.25, 0.3) is 0 Å². The minimum absolute atomic E-state index is 0. The molecule has 1 fully saturated rings. The molecule has 0 bridgehead atoms. The summed E-state index contributed by atoms with van der Waals surface area (Å²) in [6, 6.07) is 3.66. The van der Waals surface area contributed by atoms with Crippen LogP contribution in [0.2, 0.25) is 0 Å². The van der Waals surface area contributed by atoms with E-state index in [2.05, 4.69) is 15.6 Å². The lowest BCUT2D eigenvalue weighted by atomic mass is 10.2. The predicted molar refractivity (Wildman–Crippen MR) is 73.1 cm³/mol. The summed E-state index contributed by atoms with van der Waals surface area (Å²) in [5.74, 6) is 0.0450. The zero-order valence-electron chi connectivity index (χ0n) is 9.60. The number of halogens is 2. The van der Waals surface area contributed by atoms with Gasteiger partial charge in [0.15, 0.2) is 0 Å². The van der Waals surface area contributed by atoms with Crippen LogP contribution in [0.4, 0.5) is 5.69 Å². The van der Waals surface area contributed by atoms with Gasteiger partial charge >= 0.3 is 0 Å². The Morgan fingerprint density at radius 2 is 2.29 bits per heavy atom. The first-order valence-corrected chi connectivity index (χ1v) is 5.23. The number of hydrogen-bond donors (Lipinski definition) is 2. The monoisotopic (exact) mass is 277 g/mol. The standard InChI is InChI=1S/C11H15N3O.2ClH/c1-8-9(4-2-6-12-8)14-11(15)10-5-3-7-13-10;;/h2,4,6,10,13H,3,5,7H2,1H3,(H,14,15);2*1H. The van der Waals surface area contributed by atoms with E-state index in [1.807, 2.05) is 19.1 Å². The highest BCUT2D eigenvalue weighted by molar-refractivity contribution is 5.95. The maximum atomic E-state index is 11.8. The fourth-order valence-electron chi connectivity index (χ4n) is 1.74. The molecule has 1 aromatic rings. The molecule has 2 rings (SSSR count). The number of pyridine rings is 1. The molecule has 1 aliphatic rings. The molecule has 4 nitrogen and oxygen atoms in total. The van der Waals surface area contributed by atoms with Crippen LogP contribution in [0.5, 0.6) is 0 Å². The van der Waals surface area contributed by atoms with Crippen LogP contribution in [0, 0.1) is 6.92 Å². The molecule has 1 unspecified atom stereocenters. The topological polar surface area (TPSA) is 54.0 Å². The van der Waals surface area contributed by atoms with E-state index in [4.69, 9.17) is 0 Å². The minimum Gasteiger partial charge on any atom is -0.323 e. The molecule has 0 radical (unpaired) electrons. The number of carbonyl (C=O) groups is 1. The van der Waals surface area contributed by atoms with Gasteiger partial charge < -0.3 is 10.6 Å². The van der Waals surface area contributed by atoms with Crippen molar-refractivity contribution < 1.29 is 4.79 Å². The molecule has 1 atom stereocenters. The van der Waals surface area contributed by atoms with Gasteiger partial charge in [0.1, 0.15) is 0 Å². The Morgan fingerprint density at radius 1 is 1.53 bits per heavy atom. The van der Waals surface area contributed by atoms with E-state index >= 15 is 0 Å². The van der Waals surface area contributed by atoms with Gasteiger partial charge in [-0.25, -0.2) is 0 Å². The highest BCUT2D eigenvalue weighted by Gasteiger charge is 2.22. The number of anilines is 1. The zero-order valence-corrected chi connectivity index (χ0v) is 11.2. The average Bonchev–Trinajstić information content (AvgIpc) is 2.74. The van der Waals surface area contributed by atoms with E-state index < -0.39 is 0 Å². The summed E-state index contributed by atoms with van der Waals surface area (Å²) in [5, 5.41) is 6.05. The number of nitrogens with one attached hydrogen (secondary N) is 2. The van der Waals surface area contributed by atoms with Crippen molar-refractivity contribution >= 4 is 36.4 Å². The molecule has 0 aliphatic carbocycles. The van der Waals surface area contributed by atoms with E-state index in [0.29, 0.717) is 0 Å². The van der Waals surface area contributed by atoms with E-state index in [-0.39, 0.29) is 36.8 Å². The zero-order chi connectivity index (χ0) is 10.7. The van der Waals surface area contributed by atoms with Gasteiger partial charge in [-0.3, -0.25) is 9.78 Å². The van der Waals surface area contributed by atoms with Crippen molar-refractivity contribution in [1.29, 1.82) is 0 Å². The summed E-state index contributed by atoms with van der Waals surface area (Å²) in [6.45, 7) is 2.82. The predicted octanol–water partition coefficient (Wildman–Crippen LogP) is 1.92. The third-order valence-electron chi connectivity index (χ3n) is 2.64. The molecule has 1 aliphatic heterocycles. The molecule has 1 aromatic heterocycles. The molecule has 2 heterocycles. The molecular formula is C11H17Cl2N3O. The van der Waals surface area contributed by atoms with Gasteiger partial charge in [-0.15, -0.1) is 24.8 Å². The Bertz CT molecular complexity index is 367. The van der Waals surface area contributed by atoms with Gasteiger partial charge in [0.05, 0.1) is 17.4 Å². The van der Waals surface area contributed by atoms with E-state index in [1.54, 1.807) is 6.20 Å². The first-order valence-electron chi connectivity index (χ1n) is 5.23. The average molecular weight is 278 g/mol. The first kappa shape index (κ1) is 16.2. The third kappa shape index (κ3) is 4.15. The molecule has 0 spiro atoms. The fraction of sp³-hybridized carbons (Fsp3) is 0.455. The molecule has 1 saturated heterocycles. The second-order valence-electron chi connectivity index (χ2n) is 3.77. The molecule has 6 heteroatoms. The Kier molecular flexibility index (Phi) is 7.11. The van der Waals surface area contributed by atoms with Gasteiger partial charge in [0, 0.05) is 6.20 Å². The van der Waals surface area contributed by atoms with Crippen molar-refractivity contribution in [2.24, 2.45) is 0 Å². The van der Waals surface area contributed by atoms with Crippen LogP contribution in [-0.4, -0.2) is 23.5 Å². The summed E-state index contributed by atoms with van der Waals surface area (Å²) in [4.78, 5) is 15.9. The third-order valence-corrected chi connectivity index (χ3v) is 2.64. The van der Waals surface area contributed by atoms with Gasteiger partial charge in [0.2, 0.25) is 5.91 Å². The quantitative estimate of drug-likeness (QED) is 0.869. The van der Waals surface area contributed by atoms with E-state index in [1.165, 1.54) is 0 Å². The summed E-state index contributed by atoms with van der Waals surface area (Å²) >= 11 is 0. The van der Waals surface area contributed by atoms with Crippen LogP contribution in [0.1, 0.15) is 18.5 Å².